The van der Waals surface area contributed by atoms with E-state index in [-0.39, 0.29) is 0 Å². The van der Waals surface area contributed by atoms with Gasteiger partial charge >= 0.3 is 0 Å². The summed E-state index contributed by atoms with van der Waals surface area (Å²) in [6, 6.07) is 5.72. The van der Waals surface area contributed by atoms with E-state index in [1.165, 1.54) is 38.0 Å². The van der Waals surface area contributed by atoms with Gasteiger partial charge < -0.3 is 10.2 Å². The molecule has 0 spiro atoms. The first kappa shape index (κ1) is 10.1. The molecule has 3 nitrogen and oxygen atoms in total. The number of fused-ring (bicyclic) bond motifs is 1. The molecule has 2 saturated heterocycles. The van der Waals surface area contributed by atoms with Gasteiger partial charge in [-0.2, -0.15) is 0 Å². The van der Waals surface area contributed by atoms with Crippen molar-refractivity contribution >= 4 is 5.69 Å². The van der Waals surface area contributed by atoms with Crippen LogP contribution in [0.25, 0.3) is 0 Å². The highest BCUT2D eigenvalue weighted by atomic mass is 15.2. The average Bonchev–Trinajstić information content (AvgIpc) is 2.78. The lowest BCUT2D eigenvalue weighted by Gasteiger charge is -2.38. The van der Waals surface area contributed by atoms with Crippen molar-refractivity contribution in [1.29, 1.82) is 0 Å². The van der Waals surface area contributed by atoms with Gasteiger partial charge in [-0.05, 0) is 44.9 Å². The average molecular weight is 217 g/mol. The van der Waals surface area contributed by atoms with Crippen molar-refractivity contribution in [2.75, 3.05) is 18.0 Å². The predicted octanol–water partition coefficient (Wildman–Crippen LogP) is 1.72. The van der Waals surface area contributed by atoms with Crippen LogP contribution in [0.1, 0.15) is 25.0 Å². The van der Waals surface area contributed by atoms with Crippen LogP contribution in [0.4, 0.5) is 5.69 Å². The SMILES string of the molecule is Cc1ccc(N2CCC[C@H]3NCC[C@H]32)cn1. The van der Waals surface area contributed by atoms with Crippen LogP contribution in [0.5, 0.6) is 0 Å². The topological polar surface area (TPSA) is 28.2 Å². The van der Waals surface area contributed by atoms with Gasteiger partial charge in [-0.25, -0.2) is 0 Å². The fourth-order valence-corrected chi connectivity index (χ4v) is 3.02. The van der Waals surface area contributed by atoms with Crippen molar-refractivity contribution in [1.82, 2.24) is 10.3 Å². The molecule has 0 saturated carbocycles. The lowest BCUT2D eigenvalue weighted by molar-refractivity contribution is 0.412. The summed E-state index contributed by atoms with van der Waals surface area (Å²) in [7, 11) is 0. The van der Waals surface area contributed by atoms with Crippen LogP contribution in [0, 0.1) is 6.92 Å². The van der Waals surface area contributed by atoms with Gasteiger partial charge in [0.25, 0.3) is 0 Å². The lowest BCUT2D eigenvalue weighted by Crippen LogP contribution is -2.48. The molecule has 2 fully saturated rings. The number of nitrogens with one attached hydrogen (secondary N) is 1. The Labute approximate surface area is 96.9 Å². The molecule has 0 amide bonds. The second-order valence-electron chi connectivity index (χ2n) is 4.91. The molecule has 0 aromatic carbocycles. The predicted molar refractivity (Wildman–Crippen MR) is 65.7 cm³/mol. The Morgan fingerprint density at radius 2 is 2.31 bits per heavy atom. The Morgan fingerprint density at radius 3 is 3.12 bits per heavy atom. The maximum Gasteiger partial charge on any atom is 0.0556 e. The first-order valence-corrected chi connectivity index (χ1v) is 6.27. The van der Waals surface area contributed by atoms with E-state index in [0.717, 1.165) is 5.69 Å². The molecule has 1 aromatic heterocycles. The molecule has 1 aromatic rings. The molecule has 2 atom stereocenters. The molecular formula is C13H19N3. The summed E-state index contributed by atoms with van der Waals surface area (Å²) in [6.45, 7) is 4.40. The van der Waals surface area contributed by atoms with Crippen molar-refractivity contribution in [3.8, 4) is 0 Å². The van der Waals surface area contributed by atoms with Gasteiger partial charge in [0.2, 0.25) is 0 Å². The number of aryl methyl sites for hydroxylation is 1. The fraction of sp³-hybridized carbons (Fsp3) is 0.615. The molecule has 0 unspecified atom stereocenters. The van der Waals surface area contributed by atoms with E-state index in [9.17, 15) is 0 Å². The van der Waals surface area contributed by atoms with Gasteiger partial charge in [-0.3, -0.25) is 4.98 Å². The molecule has 2 aliphatic rings. The van der Waals surface area contributed by atoms with Gasteiger partial charge in [0.1, 0.15) is 0 Å². The minimum Gasteiger partial charge on any atom is -0.366 e. The van der Waals surface area contributed by atoms with E-state index < -0.39 is 0 Å². The molecule has 0 radical (unpaired) electrons. The summed E-state index contributed by atoms with van der Waals surface area (Å²) < 4.78 is 0. The number of hydrogen-bond acceptors (Lipinski definition) is 3. The van der Waals surface area contributed by atoms with Crippen molar-refractivity contribution in [3.63, 3.8) is 0 Å². The van der Waals surface area contributed by atoms with Gasteiger partial charge in [-0.15, -0.1) is 0 Å². The number of hydrogen-bond donors (Lipinski definition) is 1. The van der Waals surface area contributed by atoms with Gasteiger partial charge in [0.05, 0.1) is 11.9 Å². The van der Waals surface area contributed by atoms with Crippen molar-refractivity contribution in [2.24, 2.45) is 0 Å². The van der Waals surface area contributed by atoms with E-state index in [1.54, 1.807) is 0 Å². The van der Waals surface area contributed by atoms with Crippen LogP contribution < -0.4 is 10.2 Å². The van der Waals surface area contributed by atoms with Crippen molar-refractivity contribution in [2.45, 2.75) is 38.3 Å². The largest absolute Gasteiger partial charge is 0.366 e. The molecule has 86 valence electrons. The number of nitrogens with zero attached hydrogens (tertiary/aromatic N) is 2. The first-order chi connectivity index (χ1) is 7.84. The zero-order valence-electron chi connectivity index (χ0n) is 9.82. The number of pyridine rings is 1. The smallest absolute Gasteiger partial charge is 0.0556 e. The minimum atomic E-state index is 0.693. The monoisotopic (exact) mass is 217 g/mol. The van der Waals surface area contributed by atoms with Crippen LogP contribution in [-0.4, -0.2) is 30.2 Å². The maximum absolute atomic E-state index is 4.41. The zero-order chi connectivity index (χ0) is 11.0. The first-order valence-electron chi connectivity index (χ1n) is 6.27. The van der Waals surface area contributed by atoms with Gasteiger partial charge in [-0.1, -0.05) is 0 Å². The Balaban J connectivity index is 1.85. The molecule has 3 heteroatoms. The number of aromatic nitrogens is 1. The summed E-state index contributed by atoms with van der Waals surface area (Å²) >= 11 is 0. The van der Waals surface area contributed by atoms with E-state index in [2.05, 4.69) is 27.3 Å². The number of rotatable bonds is 1. The molecule has 3 heterocycles. The van der Waals surface area contributed by atoms with Crippen LogP contribution >= 0.6 is 0 Å². The summed E-state index contributed by atoms with van der Waals surface area (Å²) in [5.74, 6) is 0. The molecule has 0 aliphatic carbocycles. The molecule has 3 rings (SSSR count). The Bertz CT molecular complexity index is 360. The fourth-order valence-electron chi connectivity index (χ4n) is 3.02. The Morgan fingerprint density at radius 1 is 1.38 bits per heavy atom. The summed E-state index contributed by atoms with van der Waals surface area (Å²) in [5, 5.41) is 3.61. The summed E-state index contributed by atoms with van der Waals surface area (Å²) in [5.41, 5.74) is 2.39. The second kappa shape index (κ2) is 4.06. The van der Waals surface area contributed by atoms with Crippen LogP contribution in [0.2, 0.25) is 0 Å². The maximum atomic E-state index is 4.41. The highest BCUT2D eigenvalue weighted by Gasteiger charge is 2.34. The highest BCUT2D eigenvalue weighted by molar-refractivity contribution is 5.47. The summed E-state index contributed by atoms with van der Waals surface area (Å²) in [4.78, 5) is 6.95. The van der Waals surface area contributed by atoms with Gasteiger partial charge in [0, 0.05) is 24.3 Å². The van der Waals surface area contributed by atoms with E-state index >= 15 is 0 Å². The molecule has 1 N–H and O–H groups in total. The standard InChI is InChI=1S/C13H19N3/c1-10-4-5-11(9-15-10)16-8-2-3-12-13(16)6-7-14-12/h4-5,9,12-14H,2-3,6-8H2,1H3/t12-,13-/m1/s1. The van der Waals surface area contributed by atoms with Crippen molar-refractivity contribution < 1.29 is 0 Å². The third-order valence-corrected chi connectivity index (χ3v) is 3.85. The molecule has 16 heavy (non-hydrogen) atoms. The number of anilines is 1. The van der Waals surface area contributed by atoms with Crippen LogP contribution in [0.15, 0.2) is 18.3 Å². The quantitative estimate of drug-likeness (QED) is 0.776. The lowest BCUT2D eigenvalue weighted by atomic mass is 9.97. The van der Waals surface area contributed by atoms with Crippen LogP contribution in [0.3, 0.4) is 0 Å². The third kappa shape index (κ3) is 1.69. The van der Waals surface area contributed by atoms with E-state index in [0.29, 0.717) is 12.1 Å². The third-order valence-electron chi connectivity index (χ3n) is 3.85. The number of piperidine rings is 1. The van der Waals surface area contributed by atoms with Gasteiger partial charge in [0.15, 0.2) is 0 Å². The van der Waals surface area contributed by atoms with Crippen molar-refractivity contribution in [3.05, 3.63) is 24.0 Å². The normalized spacial score (nSPS) is 29.2. The molecule has 2 aliphatic heterocycles. The zero-order valence-corrected chi connectivity index (χ0v) is 9.82. The second-order valence-corrected chi connectivity index (χ2v) is 4.91. The molecule has 0 bridgehead atoms. The minimum absolute atomic E-state index is 0.693. The van der Waals surface area contributed by atoms with Crippen LogP contribution in [-0.2, 0) is 0 Å². The van der Waals surface area contributed by atoms with E-state index in [4.69, 9.17) is 0 Å². The summed E-state index contributed by atoms with van der Waals surface area (Å²) in [6.07, 6.45) is 5.93. The Kier molecular flexibility index (Phi) is 2.56. The Hall–Kier alpha value is -1.09. The molecular weight excluding hydrogens is 198 g/mol. The highest BCUT2D eigenvalue weighted by Crippen LogP contribution is 2.28. The van der Waals surface area contributed by atoms with E-state index in [1.807, 2.05) is 13.1 Å².